The lowest BCUT2D eigenvalue weighted by atomic mass is 10.4. The van der Waals surface area contributed by atoms with Gasteiger partial charge in [-0.15, -0.1) is 0 Å². The van der Waals surface area contributed by atoms with Gasteiger partial charge in [-0.3, -0.25) is 0 Å². The Bertz CT molecular complexity index is 640. The van der Waals surface area contributed by atoms with Crippen molar-refractivity contribution in [3.05, 3.63) is 49.6 Å². The quantitative estimate of drug-likeness (QED) is 0.111. The number of carbonyl (C=O) groups excluding carboxylic acids is 4. The van der Waals surface area contributed by atoms with E-state index < -0.39 is 23.9 Å². The number of hydrogen-bond acceptors (Lipinski definition) is 11. The average molecular weight is 501 g/mol. The highest BCUT2D eigenvalue weighted by Gasteiger charge is 2.03. The van der Waals surface area contributed by atoms with Crippen molar-refractivity contribution in [3.8, 4) is 0 Å². The molecular weight excluding hydrogens is 464 g/mol. The van der Waals surface area contributed by atoms with Crippen LogP contribution in [0.15, 0.2) is 49.6 Å². The lowest BCUT2D eigenvalue weighted by Crippen LogP contribution is -2.14. The van der Waals surface area contributed by atoms with Crippen molar-refractivity contribution in [2.75, 3.05) is 66.1 Å². The summed E-state index contributed by atoms with van der Waals surface area (Å²) in [5.74, 6) is -1.83. The van der Waals surface area contributed by atoms with E-state index in [1.807, 2.05) is 0 Å². The Labute approximate surface area is 206 Å². The van der Waals surface area contributed by atoms with E-state index >= 15 is 0 Å². The second-order valence-corrected chi connectivity index (χ2v) is 6.41. The Morgan fingerprint density at radius 3 is 1.03 bits per heavy atom. The molecule has 0 saturated heterocycles. The lowest BCUT2D eigenvalue weighted by molar-refractivity contribution is -0.142. The van der Waals surface area contributed by atoms with Crippen LogP contribution in [0.5, 0.6) is 0 Å². The molecule has 0 aromatic carbocycles. The third kappa shape index (κ3) is 25.2. The summed E-state index contributed by atoms with van der Waals surface area (Å²) in [6.07, 6.45) is 2.18. The summed E-state index contributed by atoms with van der Waals surface area (Å²) in [4.78, 5) is 43.1. The molecule has 0 aliphatic carbocycles. The fourth-order valence-electron chi connectivity index (χ4n) is 1.58. The number of carbonyl (C=O) groups is 4. The van der Waals surface area contributed by atoms with Crippen molar-refractivity contribution < 1.29 is 52.3 Å². The molecule has 11 heteroatoms. The van der Waals surface area contributed by atoms with Gasteiger partial charge in [0, 0.05) is 23.3 Å². The molecule has 198 valence electrons. The Hall–Kier alpha value is -3.28. The number of rotatable bonds is 19. The molecular formula is C24H36O11. The van der Waals surface area contributed by atoms with Crippen molar-refractivity contribution in [3.63, 3.8) is 0 Å². The summed E-state index contributed by atoms with van der Waals surface area (Å²) in [6, 6.07) is 0. The van der Waals surface area contributed by atoms with Crippen molar-refractivity contribution in [1.82, 2.24) is 0 Å². The number of hydrogen-bond donors (Lipinski definition) is 0. The summed E-state index contributed by atoms with van der Waals surface area (Å²) in [5.41, 5.74) is 0.695. The fraction of sp³-hybridized carbons (Fsp3) is 0.500. The fourth-order valence-corrected chi connectivity index (χ4v) is 1.58. The highest BCUT2D eigenvalue weighted by atomic mass is 16.6. The van der Waals surface area contributed by atoms with Gasteiger partial charge >= 0.3 is 23.9 Å². The van der Waals surface area contributed by atoms with Gasteiger partial charge in [-0.25, -0.2) is 19.2 Å². The highest BCUT2D eigenvalue weighted by Crippen LogP contribution is 1.93. The van der Waals surface area contributed by atoms with E-state index in [0.717, 1.165) is 12.2 Å². The molecule has 11 nitrogen and oxygen atoms in total. The van der Waals surface area contributed by atoms with Crippen LogP contribution in [0.3, 0.4) is 0 Å². The normalized spacial score (nSPS) is 9.54. The van der Waals surface area contributed by atoms with Crippen molar-refractivity contribution >= 4 is 23.9 Å². The first-order chi connectivity index (χ1) is 16.6. The zero-order valence-electron chi connectivity index (χ0n) is 20.5. The molecule has 0 N–H and O–H groups in total. The minimum atomic E-state index is -0.473. The summed E-state index contributed by atoms with van der Waals surface area (Å²) in [7, 11) is 0. The predicted molar refractivity (Wildman–Crippen MR) is 126 cm³/mol. The first kappa shape index (κ1) is 33.9. The van der Waals surface area contributed by atoms with Crippen LogP contribution in [0.1, 0.15) is 13.8 Å². The Morgan fingerprint density at radius 2 is 0.771 bits per heavy atom. The van der Waals surface area contributed by atoms with Crippen LogP contribution in [-0.4, -0.2) is 89.9 Å². The van der Waals surface area contributed by atoms with Gasteiger partial charge in [-0.05, 0) is 13.8 Å². The number of ether oxygens (including phenoxy) is 7. The highest BCUT2D eigenvalue weighted by molar-refractivity contribution is 5.87. The van der Waals surface area contributed by atoms with Gasteiger partial charge < -0.3 is 33.2 Å². The molecule has 0 saturated carbocycles. The molecule has 0 atom stereocenters. The summed E-state index contributed by atoms with van der Waals surface area (Å²) >= 11 is 0. The largest absolute Gasteiger partial charge is 0.460 e. The van der Waals surface area contributed by atoms with Gasteiger partial charge in [-0.2, -0.15) is 0 Å². The van der Waals surface area contributed by atoms with Gasteiger partial charge in [0.25, 0.3) is 0 Å². The van der Waals surface area contributed by atoms with E-state index in [0.29, 0.717) is 37.6 Å². The first-order valence-corrected chi connectivity index (χ1v) is 10.6. The molecule has 35 heavy (non-hydrogen) atoms. The van der Waals surface area contributed by atoms with Crippen LogP contribution < -0.4 is 0 Å². The van der Waals surface area contributed by atoms with Crippen LogP contribution >= 0.6 is 0 Å². The molecule has 0 bridgehead atoms. The minimum Gasteiger partial charge on any atom is -0.460 e. The molecule has 0 aliphatic rings. The summed E-state index contributed by atoms with van der Waals surface area (Å²) < 4.78 is 34.3. The summed E-state index contributed by atoms with van der Waals surface area (Å²) in [5, 5.41) is 0. The summed E-state index contributed by atoms with van der Waals surface area (Å²) in [6.45, 7) is 19.1. The second kappa shape index (κ2) is 23.9. The van der Waals surface area contributed by atoms with E-state index in [4.69, 9.17) is 23.7 Å². The monoisotopic (exact) mass is 500 g/mol. The molecule has 0 rings (SSSR count). The maximum absolute atomic E-state index is 10.9. The molecule has 0 aliphatic heterocycles. The molecule has 0 aromatic rings. The molecule has 0 spiro atoms. The molecule has 0 heterocycles. The minimum absolute atomic E-state index is 0.153. The zero-order valence-corrected chi connectivity index (χ0v) is 20.5. The first-order valence-electron chi connectivity index (χ1n) is 10.6. The molecule has 0 unspecified atom stereocenters. The smallest absolute Gasteiger partial charge is 0.333 e. The third-order valence-corrected chi connectivity index (χ3v) is 3.27. The lowest BCUT2D eigenvalue weighted by Gasteiger charge is -2.06. The van der Waals surface area contributed by atoms with E-state index in [1.165, 1.54) is 0 Å². The van der Waals surface area contributed by atoms with Gasteiger partial charge in [0.1, 0.15) is 26.4 Å². The van der Waals surface area contributed by atoms with Gasteiger partial charge in [0.15, 0.2) is 0 Å². The van der Waals surface area contributed by atoms with Crippen LogP contribution in [0.4, 0.5) is 0 Å². The van der Waals surface area contributed by atoms with E-state index in [2.05, 4.69) is 35.8 Å². The molecule has 0 radical (unpaired) electrons. The van der Waals surface area contributed by atoms with Crippen LogP contribution in [-0.2, 0) is 52.3 Å². The van der Waals surface area contributed by atoms with Gasteiger partial charge in [-0.1, -0.05) is 26.3 Å². The van der Waals surface area contributed by atoms with Gasteiger partial charge in [0.2, 0.25) is 0 Å². The Kier molecular flexibility index (Phi) is 23.1. The molecule has 0 fully saturated rings. The maximum atomic E-state index is 10.9. The predicted octanol–water partition coefficient (Wildman–Crippen LogP) is 1.72. The third-order valence-electron chi connectivity index (χ3n) is 3.27. The number of esters is 4. The molecule has 0 amide bonds. The van der Waals surface area contributed by atoms with Crippen LogP contribution in [0.25, 0.3) is 0 Å². The average Bonchev–Trinajstić information content (AvgIpc) is 2.83. The van der Waals surface area contributed by atoms with Gasteiger partial charge in [0.05, 0.1) is 39.6 Å². The standard InChI is InChI=1S/C12H18O6.C12H18O5/c1-3-11(13)17-9-7-15-5-6-16-8-10-18-12(14)4-2;1-9(2)11(13)16-7-5-15-6-8-17-12(14)10(3)4/h3-4H,1-2,5-10H2;1,3,5-8H2,2,4H3. The Morgan fingerprint density at radius 1 is 0.514 bits per heavy atom. The van der Waals surface area contributed by atoms with Crippen molar-refractivity contribution in [2.24, 2.45) is 0 Å². The molecule has 0 aromatic heterocycles. The van der Waals surface area contributed by atoms with Crippen molar-refractivity contribution in [1.29, 1.82) is 0 Å². The van der Waals surface area contributed by atoms with E-state index in [-0.39, 0.29) is 39.6 Å². The maximum Gasteiger partial charge on any atom is 0.333 e. The van der Waals surface area contributed by atoms with Crippen molar-refractivity contribution in [2.45, 2.75) is 13.8 Å². The van der Waals surface area contributed by atoms with Crippen LogP contribution in [0, 0.1) is 0 Å². The van der Waals surface area contributed by atoms with E-state index in [1.54, 1.807) is 13.8 Å². The Balaban J connectivity index is 0. The second-order valence-electron chi connectivity index (χ2n) is 6.41. The van der Waals surface area contributed by atoms with E-state index in [9.17, 15) is 19.2 Å². The topological polar surface area (TPSA) is 133 Å². The zero-order chi connectivity index (χ0) is 26.9. The SMILES string of the molecule is C=C(C)C(=O)OCCOCCOC(=O)C(=C)C.C=CC(=O)OCCOCCOCCOC(=O)C=C. The van der Waals surface area contributed by atoms with Crippen LogP contribution in [0.2, 0.25) is 0 Å².